The highest BCUT2D eigenvalue weighted by Crippen LogP contribution is 2.27. The molecule has 0 radical (unpaired) electrons. The first kappa shape index (κ1) is 14.2. The van der Waals surface area contributed by atoms with Crippen molar-refractivity contribution in [1.29, 1.82) is 0 Å². The van der Waals surface area contributed by atoms with E-state index in [9.17, 15) is 4.79 Å². The minimum absolute atomic E-state index is 0.0448. The van der Waals surface area contributed by atoms with Crippen molar-refractivity contribution in [3.8, 4) is 17.0 Å². The number of hydrogen-bond donors (Lipinski definition) is 1. The van der Waals surface area contributed by atoms with Crippen LogP contribution in [0, 0.1) is 6.92 Å². The molecule has 0 saturated carbocycles. The molecule has 20 heavy (non-hydrogen) atoms. The summed E-state index contributed by atoms with van der Waals surface area (Å²) in [6.07, 6.45) is 0. The normalized spacial score (nSPS) is 10.8. The molecule has 0 amide bonds. The zero-order valence-electron chi connectivity index (χ0n) is 12.3. The predicted molar refractivity (Wildman–Crippen MR) is 82.2 cm³/mol. The molecule has 4 nitrogen and oxygen atoms in total. The Morgan fingerprint density at radius 1 is 1.20 bits per heavy atom. The summed E-state index contributed by atoms with van der Waals surface area (Å²) in [6, 6.07) is 9.48. The fourth-order valence-corrected chi connectivity index (χ4v) is 2.35. The van der Waals surface area contributed by atoms with E-state index in [0.717, 1.165) is 22.6 Å². The summed E-state index contributed by atoms with van der Waals surface area (Å²) in [5.41, 5.74) is 8.73. The van der Waals surface area contributed by atoms with Crippen LogP contribution in [-0.4, -0.2) is 11.7 Å². The van der Waals surface area contributed by atoms with Crippen LogP contribution in [0.1, 0.15) is 25.5 Å². The first-order chi connectivity index (χ1) is 9.45. The highest BCUT2D eigenvalue weighted by atomic mass is 16.5. The van der Waals surface area contributed by atoms with Gasteiger partial charge in [-0.05, 0) is 62.2 Å². The monoisotopic (exact) mass is 272 g/mol. The van der Waals surface area contributed by atoms with E-state index >= 15 is 0 Å². The van der Waals surface area contributed by atoms with Crippen LogP contribution in [0.25, 0.3) is 11.3 Å². The summed E-state index contributed by atoms with van der Waals surface area (Å²) in [7, 11) is 1.65. The third-order valence-electron chi connectivity index (χ3n) is 3.35. The number of methoxy groups -OCH3 is 1. The van der Waals surface area contributed by atoms with Gasteiger partial charge in [0.25, 0.3) is 5.56 Å². The molecule has 0 fully saturated rings. The van der Waals surface area contributed by atoms with Gasteiger partial charge in [-0.1, -0.05) is 0 Å². The fourth-order valence-electron chi connectivity index (χ4n) is 2.35. The van der Waals surface area contributed by atoms with Gasteiger partial charge in [-0.2, -0.15) is 0 Å². The van der Waals surface area contributed by atoms with Crippen molar-refractivity contribution in [1.82, 2.24) is 4.57 Å². The number of nitrogens with two attached hydrogens (primary N) is 1. The number of nitrogen functional groups attached to an aromatic ring is 1. The van der Waals surface area contributed by atoms with Gasteiger partial charge in [0.05, 0.1) is 18.5 Å². The molecule has 0 bridgehead atoms. The lowest BCUT2D eigenvalue weighted by atomic mass is 10.1. The molecule has 0 spiro atoms. The molecule has 0 aliphatic heterocycles. The van der Waals surface area contributed by atoms with Crippen molar-refractivity contribution in [2.45, 2.75) is 26.8 Å². The summed E-state index contributed by atoms with van der Waals surface area (Å²) in [4.78, 5) is 12.2. The van der Waals surface area contributed by atoms with Crippen LogP contribution in [0.5, 0.6) is 5.75 Å². The molecule has 2 N–H and O–H groups in total. The van der Waals surface area contributed by atoms with Crippen LogP contribution in [0.2, 0.25) is 0 Å². The second-order valence-corrected chi connectivity index (χ2v) is 5.13. The van der Waals surface area contributed by atoms with E-state index in [0.29, 0.717) is 0 Å². The minimum atomic E-state index is -0.147. The summed E-state index contributed by atoms with van der Waals surface area (Å²) in [6.45, 7) is 5.93. The molecule has 4 heteroatoms. The topological polar surface area (TPSA) is 57.2 Å². The lowest BCUT2D eigenvalue weighted by molar-refractivity contribution is 0.412. The molecule has 0 aliphatic rings. The molecule has 2 rings (SSSR count). The van der Waals surface area contributed by atoms with Crippen molar-refractivity contribution in [3.05, 3.63) is 46.2 Å². The Morgan fingerprint density at radius 2 is 1.90 bits per heavy atom. The highest BCUT2D eigenvalue weighted by molar-refractivity contribution is 5.64. The molecule has 0 aliphatic carbocycles. The predicted octanol–water partition coefficient (Wildman–Crippen LogP) is 3.00. The van der Waals surface area contributed by atoms with Gasteiger partial charge in [0.1, 0.15) is 5.75 Å². The summed E-state index contributed by atoms with van der Waals surface area (Å²) in [5, 5.41) is 0. The quantitative estimate of drug-likeness (QED) is 0.934. The van der Waals surface area contributed by atoms with E-state index in [2.05, 4.69) is 0 Å². The van der Waals surface area contributed by atoms with E-state index in [4.69, 9.17) is 10.5 Å². The molecule has 0 saturated heterocycles. The second kappa shape index (κ2) is 5.41. The summed E-state index contributed by atoms with van der Waals surface area (Å²) >= 11 is 0. The number of pyridine rings is 1. The minimum Gasteiger partial charge on any atom is -0.496 e. The van der Waals surface area contributed by atoms with Crippen molar-refractivity contribution in [2.24, 2.45) is 0 Å². The van der Waals surface area contributed by atoms with Crippen molar-refractivity contribution in [3.63, 3.8) is 0 Å². The van der Waals surface area contributed by atoms with Gasteiger partial charge in [0, 0.05) is 6.04 Å². The first-order valence-corrected chi connectivity index (χ1v) is 6.61. The number of hydrogen-bond acceptors (Lipinski definition) is 3. The van der Waals surface area contributed by atoms with Crippen LogP contribution in [-0.2, 0) is 0 Å². The molecule has 1 aromatic heterocycles. The van der Waals surface area contributed by atoms with E-state index in [1.807, 2.05) is 45.0 Å². The first-order valence-electron chi connectivity index (χ1n) is 6.61. The molecule has 1 heterocycles. The molecule has 2 aromatic rings. The largest absolute Gasteiger partial charge is 0.496 e. The maximum atomic E-state index is 12.2. The number of nitrogens with zero attached hydrogens (tertiary/aromatic N) is 1. The van der Waals surface area contributed by atoms with Gasteiger partial charge in [-0.25, -0.2) is 0 Å². The molecular weight excluding hydrogens is 252 g/mol. The Balaban J connectivity index is 2.67. The van der Waals surface area contributed by atoms with Gasteiger partial charge in [0.15, 0.2) is 0 Å². The summed E-state index contributed by atoms with van der Waals surface area (Å²) < 4.78 is 6.99. The maximum absolute atomic E-state index is 12.2. The number of anilines is 1. The van der Waals surface area contributed by atoms with E-state index in [-0.39, 0.29) is 17.3 Å². The average Bonchev–Trinajstić information content (AvgIpc) is 2.41. The zero-order chi connectivity index (χ0) is 14.9. The third kappa shape index (κ3) is 2.41. The van der Waals surface area contributed by atoms with E-state index < -0.39 is 0 Å². The Labute approximate surface area is 118 Å². The molecule has 106 valence electrons. The van der Waals surface area contributed by atoms with Crippen molar-refractivity contribution >= 4 is 5.69 Å². The number of benzene rings is 1. The molecule has 0 atom stereocenters. The Bertz CT molecular complexity index is 687. The number of aryl methyl sites for hydroxylation is 1. The van der Waals surface area contributed by atoms with Crippen LogP contribution >= 0.6 is 0 Å². The maximum Gasteiger partial charge on any atom is 0.274 e. The molecular formula is C16H20N2O2. The van der Waals surface area contributed by atoms with E-state index in [1.165, 1.54) is 0 Å². The van der Waals surface area contributed by atoms with Crippen molar-refractivity contribution < 1.29 is 4.74 Å². The fraction of sp³-hybridized carbons (Fsp3) is 0.312. The lowest BCUT2D eigenvalue weighted by Gasteiger charge is -2.18. The van der Waals surface area contributed by atoms with Crippen LogP contribution in [0.4, 0.5) is 5.69 Å². The lowest BCUT2D eigenvalue weighted by Crippen LogP contribution is -2.25. The SMILES string of the molecule is COc1ccc(-c2ccc(N)c(=O)n2C(C)C)cc1C. The summed E-state index contributed by atoms with van der Waals surface area (Å²) in [5.74, 6) is 0.836. The van der Waals surface area contributed by atoms with Crippen molar-refractivity contribution in [2.75, 3.05) is 12.8 Å². The number of ether oxygens (including phenoxy) is 1. The van der Waals surface area contributed by atoms with Crippen LogP contribution in [0.3, 0.4) is 0 Å². The van der Waals surface area contributed by atoms with E-state index in [1.54, 1.807) is 17.7 Å². The average molecular weight is 272 g/mol. The second-order valence-electron chi connectivity index (χ2n) is 5.13. The Kier molecular flexibility index (Phi) is 3.84. The standard InChI is InChI=1S/C16H20N2O2/c1-10(2)18-14(7-6-13(17)16(18)19)12-5-8-15(20-4)11(3)9-12/h5-10H,17H2,1-4H3. The Hall–Kier alpha value is -2.23. The Morgan fingerprint density at radius 3 is 2.45 bits per heavy atom. The zero-order valence-corrected chi connectivity index (χ0v) is 12.3. The van der Waals surface area contributed by atoms with Gasteiger partial charge < -0.3 is 15.0 Å². The van der Waals surface area contributed by atoms with Gasteiger partial charge in [-0.15, -0.1) is 0 Å². The molecule has 0 unspecified atom stereocenters. The number of aromatic nitrogens is 1. The van der Waals surface area contributed by atoms with Gasteiger partial charge in [0.2, 0.25) is 0 Å². The smallest absolute Gasteiger partial charge is 0.274 e. The van der Waals surface area contributed by atoms with Gasteiger partial charge >= 0.3 is 0 Å². The van der Waals surface area contributed by atoms with Crippen LogP contribution in [0.15, 0.2) is 35.1 Å². The number of rotatable bonds is 3. The van der Waals surface area contributed by atoms with Gasteiger partial charge in [-0.3, -0.25) is 4.79 Å². The molecule has 1 aromatic carbocycles. The third-order valence-corrected chi connectivity index (χ3v) is 3.35. The van der Waals surface area contributed by atoms with Crippen LogP contribution < -0.4 is 16.0 Å². The highest BCUT2D eigenvalue weighted by Gasteiger charge is 2.12.